The van der Waals surface area contributed by atoms with Gasteiger partial charge < -0.3 is 19.3 Å². The third-order valence-corrected chi connectivity index (χ3v) is 12.8. The van der Waals surface area contributed by atoms with Crippen molar-refractivity contribution in [2.75, 3.05) is 39.4 Å². The number of benzene rings is 4. The molecule has 2 aliphatic heterocycles. The number of esters is 2. The van der Waals surface area contributed by atoms with Crippen molar-refractivity contribution in [3.63, 3.8) is 0 Å². The Morgan fingerprint density at radius 2 is 1.03 bits per heavy atom. The topological polar surface area (TPSA) is 180 Å². The number of amides is 2. The molecule has 6 rings (SSSR count). The zero-order chi connectivity index (χ0) is 46.9. The minimum absolute atomic E-state index is 0.0494. The monoisotopic (exact) mass is 902 g/mol. The van der Waals surface area contributed by atoms with Crippen LogP contribution in [-0.2, 0) is 28.7 Å². The van der Waals surface area contributed by atoms with Crippen LogP contribution >= 0.6 is 11.8 Å². The van der Waals surface area contributed by atoms with Crippen molar-refractivity contribution in [1.82, 2.24) is 9.80 Å². The van der Waals surface area contributed by atoms with Gasteiger partial charge in [-0.2, -0.15) is 0 Å². The van der Waals surface area contributed by atoms with Crippen molar-refractivity contribution in [1.29, 1.82) is 0 Å². The van der Waals surface area contributed by atoms with Gasteiger partial charge in [0.05, 0.1) is 55.8 Å². The minimum Gasteiger partial charge on any atom is -0.466 e. The highest BCUT2D eigenvalue weighted by atomic mass is 32.2. The third kappa shape index (κ3) is 10.8. The predicted molar refractivity (Wildman–Crippen MR) is 250 cm³/mol. The molecule has 14 nitrogen and oxygen atoms in total. The zero-order valence-corrected chi connectivity index (χ0v) is 38.3. The molecule has 2 heterocycles. The number of carbonyl (C=O) groups excluding carboxylic acids is 4. The smallest absolute Gasteiger partial charge is 0.310 e. The first-order valence-electron chi connectivity index (χ1n) is 21.9. The normalized spacial score (nSPS) is 16.2. The van der Waals surface area contributed by atoms with E-state index in [0.717, 1.165) is 22.9 Å². The summed E-state index contributed by atoms with van der Waals surface area (Å²) >= 11 is 0.895. The number of nitro groups is 2. The Balaban J connectivity index is 1.47. The van der Waals surface area contributed by atoms with Crippen LogP contribution in [0, 0.1) is 32.1 Å². The number of ether oxygens (including phenoxy) is 2. The maximum absolute atomic E-state index is 13.5. The molecule has 0 aromatic heterocycles. The van der Waals surface area contributed by atoms with Crippen LogP contribution in [-0.4, -0.2) is 82.8 Å². The number of hydrogen-bond donors (Lipinski definition) is 0. The number of nitrogens with zero attached hydrogens (tertiary/aromatic N) is 4. The molecule has 2 aliphatic rings. The molecule has 2 atom stereocenters. The summed E-state index contributed by atoms with van der Waals surface area (Å²) in [6, 6.07) is 21.1. The summed E-state index contributed by atoms with van der Waals surface area (Å²) in [4.78, 5) is 81.0. The molecule has 15 heteroatoms. The third-order valence-electron chi connectivity index (χ3n) is 11.7. The lowest BCUT2D eigenvalue weighted by Gasteiger charge is -2.19. The van der Waals surface area contributed by atoms with Crippen LogP contribution < -0.4 is 0 Å². The molecule has 2 amide bonds. The van der Waals surface area contributed by atoms with E-state index < -0.39 is 21.7 Å². The predicted octanol–water partition coefficient (Wildman–Crippen LogP) is 10.1. The molecule has 0 spiro atoms. The van der Waals surface area contributed by atoms with E-state index in [1.165, 1.54) is 12.2 Å². The van der Waals surface area contributed by atoms with Gasteiger partial charge in [0.15, 0.2) is 0 Å². The van der Waals surface area contributed by atoms with E-state index in [1.807, 2.05) is 52.0 Å². The van der Waals surface area contributed by atoms with Crippen molar-refractivity contribution >= 4 is 59.0 Å². The lowest BCUT2D eigenvalue weighted by Crippen LogP contribution is -2.28. The molecule has 340 valence electrons. The van der Waals surface area contributed by atoms with Gasteiger partial charge in [0, 0.05) is 38.3 Å². The lowest BCUT2D eigenvalue weighted by molar-refractivity contribution is -0.387. The fraction of sp³-hybridized carbons (Fsp3) is 0.360. The van der Waals surface area contributed by atoms with Gasteiger partial charge in [0.25, 0.3) is 11.4 Å². The van der Waals surface area contributed by atoms with Crippen molar-refractivity contribution in [2.45, 2.75) is 76.0 Å². The Morgan fingerprint density at radius 3 is 1.38 bits per heavy atom. The van der Waals surface area contributed by atoms with E-state index in [2.05, 4.69) is 0 Å². The second-order valence-electron chi connectivity index (χ2n) is 16.6. The number of carbonyl (C=O) groups is 4. The second-order valence-corrected chi connectivity index (χ2v) is 17.6. The summed E-state index contributed by atoms with van der Waals surface area (Å²) in [5.41, 5.74) is 3.49. The molecular weight excluding hydrogens is 849 g/mol. The van der Waals surface area contributed by atoms with Crippen LogP contribution in [0.1, 0.15) is 88.5 Å². The van der Waals surface area contributed by atoms with Gasteiger partial charge >= 0.3 is 11.9 Å². The highest BCUT2D eigenvalue weighted by molar-refractivity contribution is 7.99. The first-order valence-corrected chi connectivity index (χ1v) is 22.7. The molecule has 0 radical (unpaired) electrons. The van der Waals surface area contributed by atoms with E-state index in [0.29, 0.717) is 48.2 Å². The Labute approximate surface area is 383 Å². The first kappa shape index (κ1) is 47.9. The maximum Gasteiger partial charge on any atom is 0.310 e. The molecule has 0 aliphatic carbocycles. The number of likely N-dealkylation sites (tertiary alicyclic amines) is 2. The van der Waals surface area contributed by atoms with E-state index in [-0.39, 0.29) is 94.2 Å². The fourth-order valence-corrected chi connectivity index (χ4v) is 9.54. The molecule has 0 saturated carbocycles. The van der Waals surface area contributed by atoms with Gasteiger partial charge in [-0.1, -0.05) is 100 Å². The summed E-state index contributed by atoms with van der Waals surface area (Å²) in [6.07, 6.45) is 6.71. The van der Waals surface area contributed by atoms with Gasteiger partial charge in [-0.3, -0.25) is 39.4 Å². The molecule has 2 unspecified atom stereocenters. The fourth-order valence-electron chi connectivity index (χ4n) is 8.48. The van der Waals surface area contributed by atoms with Crippen LogP contribution in [0.5, 0.6) is 0 Å². The molecule has 2 saturated heterocycles. The molecule has 4 aromatic carbocycles. The first-order chi connectivity index (χ1) is 31.1. The van der Waals surface area contributed by atoms with Crippen LogP contribution in [0.2, 0.25) is 0 Å². The molecular formula is C50H54N4O10S. The second kappa shape index (κ2) is 21.4. The Morgan fingerprint density at radius 1 is 0.646 bits per heavy atom. The van der Waals surface area contributed by atoms with Crippen molar-refractivity contribution in [3.05, 3.63) is 127 Å². The number of nitro benzene ring substituents is 2. The SMILES string of the molecule is CCOC(=O)C1CCN(C(=O)C=Cc2ccc(Sc3ccc(C=CC(=O)N4CCC(C(=O)OCC)C4)c(-c4ccccc4C(C)C)c3[N+](=O)[O-])c([N+](=O)[O-])c2-c2ccccc2C(C)C)C1. The van der Waals surface area contributed by atoms with Gasteiger partial charge in [-0.25, -0.2) is 0 Å². The van der Waals surface area contributed by atoms with Crippen LogP contribution in [0.4, 0.5) is 11.4 Å². The van der Waals surface area contributed by atoms with Crippen molar-refractivity contribution in [2.24, 2.45) is 11.8 Å². The van der Waals surface area contributed by atoms with Crippen molar-refractivity contribution < 1.29 is 38.5 Å². The quantitative estimate of drug-likeness (QED) is 0.0452. The zero-order valence-electron chi connectivity index (χ0n) is 37.5. The van der Waals surface area contributed by atoms with Gasteiger partial charge in [-0.05, 0) is 96.2 Å². The summed E-state index contributed by atoms with van der Waals surface area (Å²) in [6.45, 7) is 12.9. The largest absolute Gasteiger partial charge is 0.466 e. The van der Waals surface area contributed by atoms with Crippen molar-refractivity contribution in [3.8, 4) is 22.3 Å². The Bertz CT molecular complexity index is 2380. The Kier molecular flexibility index (Phi) is 15.7. The summed E-state index contributed by atoms with van der Waals surface area (Å²) in [7, 11) is 0. The maximum atomic E-state index is 13.5. The molecule has 0 bridgehead atoms. The highest BCUT2D eigenvalue weighted by Crippen LogP contribution is 2.50. The van der Waals surface area contributed by atoms with Gasteiger partial charge in [-0.15, -0.1) is 0 Å². The summed E-state index contributed by atoms with van der Waals surface area (Å²) < 4.78 is 10.3. The average molecular weight is 903 g/mol. The standard InChI is InChI=1S/C50H54N4O10S/c1-7-63-49(57)35-25-27-51(29-35)43(55)23-19-33-17-21-41(47(53(59)60)45(33)39-15-11-9-13-37(39)31(3)4)65-42-22-18-34(20-24-44(56)52-28-26-36(30-52)50(58)64-8-2)46(48(42)54(61)62)40-16-12-10-14-38(40)32(5)6/h9-24,31-32,35-36H,7-8,25-30H2,1-6H3. The highest BCUT2D eigenvalue weighted by Gasteiger charge is 2.34. The summed E-state index contributed by atoms with van der Waals surface area (Å²) in [5, 5.41) is 26.8. The Hall–Kier alpha value is -6.61. The summed E-state index contributed by atoms with van der Waals surface area (Å²) in [5.74, 6) is -2.40. The van der Waals surface area contributed by atoms with E-state index in [4.69, 9.17) is 9.47 Å². The number of hydrogen-bond acceptors (Lipinski definition) is 11. The average Bonchev–Trinajstić information content (AvgIpc) is 4.00. The van der Waals surface area contributed by atoms with E-state index in [1.54, 1.807) is 84.3 Å². The van der Waals surface area contributed by atoms with E-state index >= 15 is 0 Å². The molecule has 0 N–H and O–H groups in total. The van der Waals surface area contributed by atoms with Gasteiger partial charge in [0.1, 0.15) is 0 Å². The minimum atomic E-state index is -0.493. The van der Waals surface area contributed by atoms with Crippen LogP contribution in [0.25, 0.3) is 34.4 Å². The lowest BCUT2D eigenvalue weighted by atomic mass is 9.89. The van der Waals surface area contributed by atoms with E-state index in [9.17, 15) is 39.4 Å². The molecule has 65 heavy (non-hydrogen) atoms. The van der Waals surface area contributed by atoms with Gasteiger partial charge in [0.2, 0.25) is 11.8 Å². The van der Waals surface area contributed by atoms with Crippen LogP contribution in [0.15, 0.2) is 94.7 Å². The molecule has 2 fully saturated rings. The van der Waals surface area contributed by atoms with Crippen LogP contribution in [0.3, 0.4) is 0 Å². The number of rotatable bonds is 16. The molecule has 4 aromatic rings.